The molecule has 0 aliphatic rings. The monoisotopic (exact) mass is 360 g/mol. The first-order chi connectivity index (χ1) is 11.8. The number of hydrogen-bond acceptors (Lipinski definition) is 7. The summed E-state index contributed by atoms with van der Waals surface area (Å²) in [6.07, 6.45) is 1.59. The molecule has 0 aliphatic heterocycles. The first-order valence-corrected chi connectivity index (χ1v) is 8.20. The molecule has 1 heterocycles. The van der Waals surface area contributed by atoms with Crippen LogP contribution in [0.1, 0.15) is 5.56 Å². The maximum Gasteiger partial charge on any atom is 0.252 e. The molecule has 2 aromatic rings. The van der Waals surface area contributed by atoms with E-state index >= 15 is 0 Å². The van der Waals surface area contributed by atoms with Gasteiger partial charge in [0.2, 0.25) is 5.91 Å². The molecular weight excluding hydrogens is 340 g/mol. The van der Waals surface area contributed by atoms with Crippen molar-refractivity contribution in [2.45, 2.75) is 11.8 Å². The number of nitrogens with zero attached hydrogens (tertiary/aromatic N) is 3. The standard InChI is InChI=1S/C16H20N6O2S/c1-10-6-12(20-18)16(17)13(7-10)25-22(3)9-14(23)19-11-4-5-21(2)15(24)8-11/h4-8,18H,9,17H2,1-3H3,(H,19,23). The molecule has 0 bridgehead atoms. The summed E-state index contributed by atoms with van der Waals surface area (Å²) in [5.41, 5.74) is 15.2. The second-order valence-electron chi connectivity index (χ2n) is 5.60. The fraction of sp³-hybridized carbons (Fsp3) is 0.250. The van der Waals surface area contributed by atoms with Crippen LogP contribution in [0.2, 0.25) is 0 Å². The minimum Gasteiger partial charge on any atom is -0.396 e. The molecule has 0 saturated carbocycles. The topological polar surface area (TPSA) is 117 Å². The number of anilines is 2. The highest BCUT2D eigenvalue weighted by Gasteiger charge is 2.13. The lowest BCUT2D eigenvalue weighted by Crippen LogP contribution is -2.26. The zero-order valence-electron chi connectivity index (χ0n) is 14.2. The second-order valence-corrected chi connectivity index (χ2v) is 6.84. The van der Waals surface area contributed by atoms with Crippen molar-refractivity contribution in [3.05, 3.63) is 46.4 Å². The summed E-state index contributed by atoms with van der Waals surface area (Å²) in [6, 6.07) is 6.64. The zero-order valence-corrected chi connectivity index (χ0v) is 15.1. The number of pyridine rings is 1. The van der Waals surface area contributed by atoms with Gasteiger partial charge >= 0.3 is 0 Å². The van der Waals surface area contributed by atoms with Gasteiger partial charge in [0.05, 0.1) is 12.2 Å². The molecule has 1 aromatic carbocycles. The molecule has 0 aliphatic carbocycles. The lowest BCUT2D eigenvalue weighted by Gasteiger charge is -2.17. The van der Waals surface area contributed by atoms with Gasteiger partial charge in [-0.05, 0) is 49.7 Å². The van der Waals surface area contributed by atoms with Crippen molar-refractivity contribution < 1.29 is 4.79 Å². The predicted molar refractivity (Wildman–Crippen MR) is 99.2 cm³/mol. The van der Waals surface area contributed by atoms with Gasteiger partial charge in [-0.1, -0.05) is 0 Å². The Hall–Kier alpha value is -2.65. The Labute approximate surface area is 149 Å². The number of carbonyl (C=O) groups excluding carboxylic acids is 1. The Morgan fingerprint density at radius 2 is 2.16 bits per heavy atom. The number of amides is 1. The van der Waals surface area contributed by atoms with E-state index < -0.39 is 0 Å². The smallest absolute Gasteiger partial charge is 0.252 e. The lowest BCUT2D eigenvalue weighted by atomic mass is 10.2. The van der Waals surface area contributed by atoms with E-state index in [-0.39, 0.29) is 18.0 Å². The van der Waals surface area contributed by atoms with E-state index in [1.54, 1.807) is 36.7 Å². The van der Waals surface area contributed by atoms with Gasteiger partial charge in [0.25, 0.3) is 5.56 Å². The van der Waals surface area contributed by atoms with Crippen molar-refractivity contribution in [3.8, 4) is 0 Å². The summed E-state index contributed by atoms with van der Waals surface area (Å²) in [6.45, 7) is 1.99. The number of likely N-dealkylation sites (N-methyl/N-ethyl adjacent to an activating group) is 1. The Bertz CT molecular complexity index is 864. The number of benzene rings is 1. The number of carbonyl (C=O) groups is 1. The maximum atomic E-state index is 12.1. The highest BCUT2D eigenvalue weighted by molar-refractivity contribution is 7.97. The van der Waals surface area contributed by atoms with Crippen LogP contribution in [0.4, 0.5) is 17.1 Å². The quantitative estimate of drug-likeness (QED) is 0.416. The fourth-order valence-corrected chi connectivity index (χ4v) is 3.10. The molecule has 9 heteroatoms. The van der Waals surface area contributed by atoms with Gasteiger partial charge in [-0.15, -0.1) is 0 Å². The average molecular weight is 360 g/mol. The third kappa shape index (κ3) is 4.91. The highest BCUT2D eigenvalue weighted by atomic mass is 32.2. The van der Waals surface area contributed by atoms with Crippen molar-refractivity contribution in [3.63, 3.8) is 0 Å². The molecule has 132 valence electrons. The van der Waals surface area contributed by atoms with Crippen molar-refractivity contribution >= 4 is 34.9 Å². The van der Waals surface area contributed by atoms with Crippen LogP contribution in [0, 0.1) is 12.5 Å². The van der Waals surface area contributed by atoms with E-state index in [9.17, 15) is 9.59 Å². The van der Waals surface area contributed by atoms with Gasteiger partial charge in [-0.3, -0.25) is 9.59 Å². The van der Waals surface area contributed by atoms with Crippen molar-refractivity contribution in [1.29, 1.82) is 5.53 Å². The van der Waals surface area contributed by atoms with Crippen LogP contribution >= 0.6 is 11.9 Å². The molecule has 8 nitrogen and oxygen atoms in total. The van der Waals surface area contributed by atoms with Gasteiger partial charge in [0.15, 0.2) is 0 Å². The molecule has 25 heavy (non-hydrogen) atoms. The van der Waals surface area contributed by atoms with Gasteiger partial charge < -0.3 is 15.6 Å². The molecule has 1 aromatic heterocycles. The average Bonchev–Trinajstić information content (AvgIpc) is 2.53. The Kier molecular flexibility index (Phi) is 5.94. The SMILES string of the molecule is Cc1cc(N=N)c(N)c(SN(C)CC(=O)Nc2ccn(C)c(=O)c2)c1. The summed E-state index contributed by atoms with van der Waals surface area (Å²) >= 11 is 1.30. The molecule has 0 fully saturated rings. The number of aromatic nitrogens is 1. The molecule has 0 radical (unpaired) electrons. The molecule has 4 N–H and O–H groups in total. The van der Waals surface area contributed by atoms with E-state index in [4.69, 9.17) is 11.3 Å². The highest BCUT2D eigenvalue weighted by Crippen LogP contribution is 2.35. The number of nitrogens with one attached hydrogen (secondary N) is 2. The van der Waals surface area contributed by atoms with E-state index in [2.05, 4.69) is 10.4 Å². The summed E-state index contributed by atoms with van der Waals surface area (Å²) in [7, 11) is 3.40. The van der Waals surface area contributed by atoms with Crippen molar-refractivity contribution in [1.82, 2.24) is 8.87 Å². The number of rotatable bonds is 6. The van der Waals surface area contributed by atoms with Gasteiger partial charge in [-0.2, -0.15) is 5.11 Å². The molecule has 0 saturated heterocycles. The molecule has 2 rings (SSSR count). The van der Waals surface area contributed by atoms with Crippen LogP contribution in [0.3, 0.4) is 0 Å². The fourth-order valence-electron chi connectivity index (χ4n) is 2.14. The lowest BCUT2D eigenvalue weighted by molar-refractivity contribution is -0.116. The van der Waals surface area contributed by atoms with Crippen LogP contribution < -0.4 is 16.6 Å². The molecule has 0 unspecified atom stereocenters. The normalized spacial score (nSPS) is 10.7. The number of nitrogens with two attached hydrogens (primary N) is 1. The number of hydrogen-bond donors (Lipinski definition) is 3. The third-order valence-electron chi connectivity index (χ3n) is 3.39. The Morgan fingerprint density at radius 3 is 2.80 bits per heavy atom. The zero-order chi connectivity index (χ0) is 18.6. The van der Waals surface area contributed by atoms with E-state index in [1.807, 2.05) is 13.0 Å². The minimum atomic E-state index is -0.250. The summed E-state index contributed by atoms with van der Waals surface area (Å²) in [5.74, 6) is -0.250. The van der Waals surface area contributed by atoms with E-state index in [1.165, 1.54) is 22.6 Å². The van der Waals surface area contributed by atoms with Crippen molar-refractivity contribution in [2.24, 2.45) is 12.2 Å². The van der Waals surface area contributed by atoms with E-state index in [0.29, 0.717) is 17.1 Å². The molecular formula is C16H20N6O2S. The Balaban J connectivity index is 2.02. The van der Waals surface area contributed by atoms with Gasteiger partial charge in [-0.25, -0.2) is 9.84 Å². The molecule has 0 atom stereocenters. The minimum absolute atomic E-state index is 0.0978. The van der Waals surface area contributed by atoms with Crippen molar-refractivity contribution in [2.75, 3.05) is 24.6 Å². The summed E-state index contributed by atoms with van der Waals surface area (Å²) in [5, 5.41) is 6.10. The van der Waals surface area contributed by atoms with E-state index in [0.717, 1.165) is 10.5 Å². The molecule has 1 amide bonds. The number of nitrogen functional groups attached to an aromatic ring is 1. The van der Waals surface area contributed by atoms with Crippen LogP contribution in [0.25, 0.3) is 0 Å². The van der Waals surface area contributed by atoms with Gasteiger partial charge in [0.1, 0.15) is 5.69 Å². The first-order valence-electron chi connectivity index (χ1n) is 7.43. The predicted octanol–water partition coefficient (Wildman–Crippen LogP) is 2.52. The second kappa shape index (κ2) is 7.95. The Morgan fingerprint density at radius 1 is 1.44 bits per heavy atom. The largest absolute Gasteiger partial charge is 0.396 e. The first kappa shape index (κ1) is 18.7. The maximum absolute atomic E-state index is 12.1. The van der Waals surface area contributed by atoms with Crippen LogP contribution in [-0.4, -0.2) is 28.4 Å². The van der Waals surface area contributed by atoms with Gasteiger partial charge in [0, 0.05) is 29.9 Å². The molecule has 0 spiro atoms. The summed E-state index contributed by atoms with van der Waals surface area (Å²) in [4.78, 5) is 24.4. The summed E-state index contributed by atoms with van der Waals surface area (Å²) < 4.78 is 3.14. The van der Waals surface area contributed by atoms with Crippen LogP contribution in [0.15, 0.2) is 45.3 Å². The number of aryl methyl sites for hydroxylation is 2. The van der Waals surface area contributed by atoms with Crippen LogP contribution in [0.5, 0.6) is 0 Å². The van der Waals surface area contributed by atoms with Crippen LogP contribution in [-0.2, 0) is 11.8 Å². The third-order valence-corrected chi connectivity index (χ3v) is 4.37.